The molecule has 0 aliphatic heterocycles. The average Bonchev–Trinajstić information content (AvgIpc) is 2.70. The zero-order valence-electron chi connectivity index (χ0n) is 10.6. The minimum atomic E-state index is -4.41. The van der Waals surface area contributed by atoms with Crippen molar-refractivity contribution in [3.05, 3.63) is 47.3 Å². The summed E-state index contributed by atoms with van der Waals surface area (Å²) < 4.78 is 40.2. The van der Waals surface area contributed by atoms with Gasteiger partial charge in [0.25, 0.3) is 0 Å². The van der Waals surface area contributed by atoms with E-state index in [0.29, 0.717) is 5.69 Å². The Bertz CT molecular complexity index is 585. The molecular weight excluding hydrogens is 255 g/mol. The van der Waals surface area contributed by atoms with Crippen LogP contribution in [0.4, 0.5) is 13.2 Å². The fourth-order valence-electron chi connectivity index (χ4n) is 2.01. The first-order chi connectivity index (χ1) is 8.82. The van der Waals surface area contributed by atoms with Crippen LogP contribution in [-0.2, 0) is 6.18 Å². The molecule has 1 atom stereocenters. The van der Waals surface area contributed by atoms with Gasteiger partial charge in [-0.3, -0.25) is 0 Å². The molecule has 1 unspecified atom stereocenters. The van der Waals surface area contributed by atoms with Crippen LogP contribution in [0.2, 0.25) is 0 Å². The summed E-state index contributed by atoms with van der Waals surface area (Å²) >= 11 is 0. The summed E-state index contributed by atoms with van der Waals surface area (Å²) in [5.74, 6) is 0. The number of halogens is 3. The van der Waals surface area contributed by atoms with E-state index >= 15 is 0 Å². The van der Waals surface area contributed by atoms with E-state index in [0.717, 1.165) is 11.6 Å². The lowest BCUT2D eigenvalue weighted by atomic mass is 10.1. The average molecular weight is 269 g/mol. The van der Waals surface area contributed by atoms with Crippen molar-refractivity contribution in [2.75, 3.05) is 0 Å². The smallest absolute Gasteiger partial charge is 0.324 e. The Morgan fingerprint density at radius 2 is 1.89 bits per heavy atom. The van der Waals surface area contributed by atoms with Gasteiger partial charge in [-0.1, -0.05) is 12.1 Å². The van der Waals surface area contributed by atoms with Crippen LogP contribution in [0.1, 0.15) is 29.8 Å². The van der Waals surface area contributed by atoms with Gasteiger partial charge in [-0.15, -0.1) is 0 Å². The van der Waals surface area contributed by atoms with Crippen molar-refractivity contribution in [3.63, 3.8) is 0 Å². The van der Waals surface area contributed by atoms with E-state index in [1.165, 1.54) is 23.0 Å². The molecule has 0 radical (unpaired) electrons. The lowest BCUT2D eigenvalue weighted by molar-refractivity contribution is -0.137. The van der Waals surface area contributed by atoms with Crippen LogP contribution in [0.25, 0.3) is 5.69 Å². The number of hydrogen-bond acceptors (Lipinski definition) is 2. The molecule has 102 valence electrons. The minimum absolute atomic E-state index is 0.0133. The van der Waals surface area contributed by atoms with Crippen molar-refractivity contribution in [3.8, 4) is 5.69 Å². The topological polar surface area (TPSA) is 43.8 Å². The number of nitrogens with zero attached hydrogens (tertiary/aromatic N) is 2. The monoisotopic (exact) mass is 269 g/mol. The number of aromatic nitrogens is 2. The van der Waals surface area contributed by atoms with Crippen molar-refractivity contribution < 1.29 is 13.2 Å². The molecule has 0 aliphatic rings. The summed E-state index contributed by atoms with van der Waals surface area (Å²) in [6.07, 6.45) is -2.91. The first-order valence-electron chi connectivity index (χ1n) is 5.79. The fourth-order valence-corrected chi connectivity index (χ4v) is 2.01. The molecule has 2 N–H and O–H groups in total. The molecule has 0 amide bonds. The summed E-state index contributed by atoms with van der Waals surface area (Å²) in [4.78, 5) is 0. The fraction of sp³-hybridized carbons (Fsp3) is 0.308. The van der Waals surface area contributed by atoms with Crippen molar-refractivity contribution >= 4 is 0 Å². The third-order valence-corrected chi connectivity index (χ3v) is 2.98. The Hall–Kier alpha value is -1.82. The van der Waals surface area contributed by atoms with Gasteiger partial charge in [0.05, 0.1) is 17.4 Å². The predicted octanol–water partition coefficient (Wildman–Crippen LogP) is 3.22. The lowest BCUT2D eigenvalue weighted by Gasteiger charge is -2.14. The maximum absolute atomic E-state index is 13.0. The molecule has 3 nitrogen and oxygen atoms in total. The van der Waals surface area contributed by atoms with E-state index < -0.39 is 11.7 Å². The number of para-hydroxylation sites is 1. The van der Waals surface area contributed by atoms with Crippen molar-refractivity contribution in [2.45, 2.75) is 26.1 Å². The molecule has 1 aromatic heterocycles. The third kappa shape index (κ3) is 2.49. The molecule has 0 spiro atoms. The lowest BCUT2D eigenvalue weighted by Crippen LogP contribution is -2.13. The van der Waals surface area contributed by atoms with Gasteiger partial charge in [0, 0.05) is 17.3 Å². The molecule has 1 aromatic carbocycles. The molecular formula is C13H14F3N3. The number of hydrogen-bond donors (Lipinski definition) is 1. The molecule has 1 heterocycles. The van der Waals surface area contributed by atoms with Gasteiger partial charge in [0.15, 0.2) is 0 Å². The summed E-state index contributed by atoms with van der Waals surface area (Å²) in [5, 5.41) is 4.02. The minimum Gasteiger partial charge on any atom is -0.324 e. The highest BCUT2D eigenvalue weighted by atomic mass is 19.4. The third-order valence-electron chi connectivity index (χ3n) is 2.98. The quantitative estimate of drug-likeness (QED) is 0.909. The zero-order chi connectivity index (χ0) is 14.2. The molecule has 19 heavy (non-hydrogen) atoms. The molecule has 0 saturated heterocycles. The van der Waals surface area contributed by atoms with Crippen LogP contribution in [0.3, 0.4) is 0 Å². The van der Waals surface area contributed by atoms with Crippen LogP contribution in [0.15, 0.2) is 30.5 Å². The summed E-state index contributed by atoms with van der Waals surface area (Å²) in [7, 11) is 0. The molecule has 0 aliphatic carbocycles. The standard InChI is InChI=1S/C13H14F3N3/c1-8(17)10-7-18-19(9(10)2)12-6-4-3-5-11(12)13(14,15)16/h3-8H,17H2,1-2H3. The predicted molar refractivity (Wildman–Crippen MR) is 65.9 cm³/mol. The second-order valence-electron chi connectivity index (χ2n) is 4.40. The summed E-state index contributed by atoms with van der Waals surface area (Å²) in [5.41, 5.74) is 6.41. The number of rotatable bonds is 2. The Kier molecular flexibility index (Phi) is 3.36. The van der Waals surface area contributed by atoms with Crippen LogP contribution >= 0.6 is 0 Å². The second-order valence-corrected chi connectivity index (χ2v) is 4.40. The van der Waals surface area contributed by atoms with Crippen LogP contribution in [0, 0.1) is 6.92 Å². The van der Waals surface area contributed by atoms with E-state index in [2.05, 4.69) is 5.10 Å². The van der Waals surface area contributed by atoms with Gasteiger partial charge >= 0.3 is 6.18 Å². The Labute approximate surface area is 108 Å². The Balaban J connectivity index is 2.60. The van der Waals surface area contributed by atoms with Crippen LogP contribution < -0.4 is 5.73 Å². The van der Waals surface area contributed by atoms with Gasteiger partial charge in [0.1, 0.15) is 0 Å². The van der Waals surface area contributed by atoms with E-state index in [1.807, 2.05) is 0 Å². The highest BCUT2D eigenvalue weighted by Crippen LogP contribution is 2.34. The van der Waals surface area contributed by atoms with Gasteiger partial charge in [0.2, 0.25) is 0 Å². The molecule has 0 bridgehead atoms. The van der Waals surface area contributed by atoms with Gasteiger partial charge in [-0.05, 0) is 26.0 Å². The summed E-state index contributed by atoms with van der Waals surface area (Å²) in [6.45, 7) is 3.48. The maximum Gasteiger partial charge on any atom is 0.418 e. The first-order valence-corrected chi connectivity index (χ1v) is 5.79. The first kappa shape index (κ1) is 13.6. The second kappa shape index (κ2) is 4.70. The van der Waals surface area contributed by atoms with Crippen molar-refractivity contribution in [1.29, 1.82) is 0 Å². The normalized spacial score (nSPS) is 13.6. The van der Waals surface area contributed by atoms with E-state index in [-0.39, 0.29) is 11.7 Å². The highest BCUT2D eigenvalue weighted by molar-refractivity contribution is 5.44. The van der Waals surface area contributed by atoms with Gasteiger partial charge in [-0.25, -0.2) is 4.68 Å². The van der Waals surface area contributed by atoms with Crippen molar-refractivity contribution in [2.24, 2.45) is 5.73 Å². The van der Waals surface area contributed by atoms with E-state index in [4.69, 9.17) is 5.73 Å². The zero-order valence-corrected chi connectivity index (χ0v) is 10.6. The highest BCUT2D eigenvalue weighted by Gasteiger charge is 2.34. The van der Waals surface area contributed by atoms with E-state index in [9.17, 15) is 13.2 Å². The van der Waals surface area contributed by atoms with E-state index in [1.54, 1.807) is 19.9 Å². The SMILES string of the molecule is Cc1c(C(C)N)cnn1-c1ccccc1C(F)(F)F. The Morgan fingerprint density at radius 1 is 1.26 bits per heavy atom. The van der Waals surface area contributed by atoms with Crippen molar-refractivity contribution in [1.82, 2.24) is 9.78 Å². The Morgan fingerprint density at radius 3 is 2.42 bits per heavy atom. The molecule has 0 saturated carbocycles. The number of alkyl halides is 3. The van der Waals surface area contributed by atoms with Gasteiger partial charge < -0.3 is 5.73 Å². The van der Waals surface area contributed by atoms with Gasteiger partial charge in [-0.2, -0.15) is 18.3 Å². The molecule has 0 fully saturated rings. The summed E-state index contributed by atoms with van der Waals surface area (Å²) in [6, 6.07) is 5.08. The number of benzene rings is 1. The number of nitrogens with two attached hydrogens (primary N) is 1. The maximum atomic E-state index is 13.0. The molecule has 2 aromatic rings. The van der Waals surface area contributed by atoms with Crippen LogP contribution in [0.5, 0.6) is 0 Å². The molecule has 6 heteroatoms. The van der Waals surface area contributed by atoms with Crippen LogP contribution in [-0.4, -0.2) is 9.78 Å². The largest absolute Gasteiger partial charge is 0.418 e. The molecule has 2 rings (SSSR count).